The maximum atomic E-state index is 12.6. The Balaban J connectivity index is 1.75. The quantitative estimate of drug-likeness (QED) is 0.871. The summed E-state index contributed by atoms with van der Waals surface area (Å²) in [6, 6.07) is 9.59. The van der Waals surface area contributed by atoms with Gasteiger partial charge in [-0.2, -0.15) is 0 Å². The van der Waals surface area contributed by atoms with Crippen molar-refractivity contribution in [3.8, 4) is 0 Å². The van der Waals surface area contributed by atoms with Gasteiger partial charge in [-0.05, 0) is 37.4 Å². The highest BCUT2D eigenvalue weighted by molar-refractivity contribution is 6.35. The van der Waals surface area contributed by atoms with Crippen LogP contribution in [0.15, 0.2) is 36.4 Å². The van der Waals surface area contributed by atoms with Crippen LogP contribution in [0.25, 0.3) is 0 Å². The molecular formula is C18H18Cl2N4O2. The van der Waals surface area contributed by atoms with Crippen LogP contribution in [0.3, 0.4) is 0 Å². The lowest BCUT2D eigenvalue weighted by Gasteiger charge is -2.32. The van der Waals surface area contributed by atoms with Gasteiger partial charge in [0.1, 0.15) is 11.4 Å². The van der Waals surface area contributed by atoms with Gasteiger partial charge >= 0.3 is 0 Å². The minimum atomic E-state index is -0.456. The molecule has 2 heterocycles. The molecule has 1 aliphatic heterocycles. The summed E-state index contributed by atoms with van der Waals surface area (Å²) in [5.74, 6) is -0.629. The zero-order chi connectivity index (χ0) is 18.7. The Kier molecular flexibility index (Phi) is 5.76. The van der Waals surface area contributed by atoms with Crippen LogP contribution in [0, 0.1) is 0 Å². The highest BCUT2D eigenvalue weighted by Crippen LogP contribution is 2.25. The number of amides is 2. The first kappa shape index (κ1) is 18.6. The number of likely N-dealkylation sites (N-methyl/N-ethyl adjacent to an activating group) is 1. The molecule has 1 saturated heterocycles. The standard InChI is InChI=1S/C18H18Cl2N4O2/c1-23-7-9-24(10-8-23)18(26)15-4-2-3-14(21-15)17(25)22-16-11-12(19)5-6-13(16)20/h2-6,11H,7-10H2,1H3,(H,22,25). The average Bonchev–Trinajstić information content (AvgIpc) is 2.65. The van der Waals surface area contributed by atoms with E-state index < -0.39 is 5.91 Å². The van der Waals surface area contributed by atoms with Crippen LogP contribution >= 0.6 is 23.2 Å². The topological polar surface area (TPSA) is 65.5 Å². The summed E-state index contributed by atoms with van der Waals surface area (Å²) in [4.78, 5) is 33.2. The van der Waals surface area contributed by atoms with Crippen LogP contribution in [0.5, 0.6) is 0 Å². The molecule has 0 unspecified atom stereocenters. The van der Waals surface area contributed by atoms with Crippen molar-refractivity contribution in [1.82, 2.24) is 14.8 Å². The Hall–Kier alpha value is -2.15. The van der Waals surface area contributed by atoms with Gasteiger partial charge in [0, 0.05) is 31.2 Å². The maximum absolute atomic E-state index is 12.6. The first-order valence-corrected chi connectivity index (χ1v) is 8.91. The molecule has 0 radical (unpaired) electrons. The SMILES string of the molecule is CN1CCN(C(=O)c2cccc(C(=O)Nc3cc(Cl)ccc3Cl)n2)CC1. The number of rotatable bonds is 3. The van der Waals surface area contributed by atoms with Gasteiger partial charge in [-0.15, -0.1) is 0 Å². The van der Waals surface area contributed by atoms with Crippen LogP contribution in [0.1, 0.15) is 21.0 Å². The summed E-state index contributed by atoms with van der Waals surface area (Å²) in [6.45, 7) is 2.93. The van der Waals surface area contributed by atoms with E-state index in [0.717, 1.165) is 13.1 Å². The number of carbonyl (C=O) groups is 2. The third-order valence-electron chi connectivity index (χ3n) is 4.17. The zero-order valence-electron chi connectivity index (χ0n) is 14.2. The Morgan fingerprint density at radius 1 is 1.04 bits per heavy atom. The molecule has 1 fully saturated rings. The molecule has 1 aromatic carbocycles. The summed E-state index contributed by atoms with van der Waals surface area (Å²) in [5, 5.41) is 3.49. The highest BCUT2D eigenvalue weighted by Gasteiger charge is 2.22. The Morgan fingerprint density at radius 3 is 2.46 bits per heavy atom. The van der Waals surface area contributed by atoms with Gasteiger partial charge in [0.05, 0.1) is 10.7 Å². The molecule has 0 spiro atoms. The lowest BCUT2D eigenvalue weighted by atomic mass is 10.2. The van der Waals surface area contributed by atoms with E-state index in [4.69, 9.17) is 23.2 Å². The molecule has 2 amide bonds. The number of piperazine rings is 1. The lowest BCUT2D eigenvalue weighted by molar-refractivity contribution is 0.0658. The molecule has 1 aliphatic rings. The number of nitrogens with zero attached hydrogens (tertiary/aromatic N) is 3. The van der Waals surface area contributed by atoms with Crippen LogP contribution in [-0.2, 0) is 0 Å². The summed E-state index contributed by atoms with van der Waals surface area (Å²) in [6.07, 6.45) is 0. The third-order valence-corrected chi connectivity index (χ3v) is 4.73. The predicted octanol–water partition coefficient (Wildman–Crippen LogP) is 3.03. The average molecular weight is 393 g/mol. The van der Waals surface area contributed by atoms with Gasteiger partial charge in [-0.3, -0.25) is 9.59 Å². The van der Waals surface area contributed by atoms with E-state index in [1.54, 1.807) is 41.3 Å². The van der Waals surface area contributed by atoms with Crippen molar-refractivity contribution in [3.05, 3.63) is 57.8 Å². The summed E-state index contributed by atoms with van der Waals surface area (Å²) in [7, 11) is 2.02. The van der Waals surface area contributed by atoms with Crippen LogP contribution in [-0.4, -0.2) is 59.8 Å². The molecule has 0 atom stereocenters. The number of benzene rings is 1. The molecule has 6 nitrogen and oxygen atoms in total. The number of pyridine rings is 1. The number of anilines is 1. The van der Waals surface area contributed by atoms with Gasteiger partial charge in [0.15, 0.2) is 0 Å². The summed E-state index contributed by atoms with van der Waals surface area (Å²) >= 11 is 12.0. The molecule has 8 heteroatoms. The lowest BCUT2D eigenvalue weighted by Crippen LogP contribution is -2.47. The highest BCUT2D eigenvalue weighted by atomic mass is 35.5. The largest absolute Gasteiger partial charge is 0.335 e. The van der Waals surface area contributed by atoms with E-state index in [9.17, 15) is 9.59 Å². The predicted molar refractivity (Wildman–Crippen MR) is 102 cm³/mol. The van der Waals surface area contributed by atoms with Gasteiger partial charge in [-0.25, -0.2) is 4.98 Å². The Bertz CT molecular complexity index is 836. The number of carbonyl (C=O) groups excluding carboxylic acids is 2. The normalized spacial score (nSPS) is 15.0. The summed E-state index contributed by atoms with van der Waals surface area (Å²) < 4.78 is 0. The zero-order valence-corrected chi connectivity index (χ0v) is 15.7. The van der Waals surface area contributed by atoms with E-state index in [1.807, 2.05) is 7.05 Å². The molecule has 26 heavy (non-hydrogen) atoms. The molecule has 0 aliphatic carbocycles. The molecular weight excluding hydrogens is 375 g/mol. The van der Waals surface area contributed by atoms with Crippen molar-refractivity contribution < 1.29 is 9.59 Å². The van der Waals surface area contributed by atoms with Gasteiger partial charge in [0.2, 0.25) is 0 Å². The Labute approximate surface area is 161 Å². The summed E-state index contributed by atoms with van der Waals surface area (Å²) in [5.41, 5.74) is 0.780. The van der Waals surface area contributed by atoms with Crippen molar-refractivity contribution in [2.45, 2.75) is 0 Å². The first-order chi connectivity index (χ1) is 12.4. The van der Waals surface area contributed by atoms with E-state index in [0.29, 0.717) is 28.8 Å². The van der Waals surface area contributed by atoms with Crippen molar-refractivity contribution in [1.29, 1.82) is 0 Å². The van der Waals surface area contributed by atoms with E-state index in [-0.39, 0.29) is 17.3 Å². The third kappa shape index (κ3) is 4.33. The molecule has 1 N–H and O–H groups in total. The van der Waals surface area contributed by atoms with Gasteiger partial charge < -0.3 is 15.1 Å². The van der Waals surface area contributed by atoms with Gasteiger partial charge in [0.25, 0.3) is 11.8 Å². The number of halogens is 2. The second kappa shape index (κ2) is 8.03. The monoisotopic (exact) mass is 392 g/mol. The molecule has 3 rings (SSSR count). The van der Waals surface area contributed by atoms with Crippen LogP contribution in [0.2, 0.25) is 10.0 Å². The van der Waals surface area contributed by atoms with Crippen molar-refractivity contribution in [3.63, 3.8) is 0 Å². The second-order valence-electron chi connectivity index (χ2n) is 6.08. The van der Waals surface area contributed by atoms with Crippen molar-refractivity contribution in [2.75, 3.05) is 38.5 Å². The Morgan fingerprint density at radius 2 is 1.73 bits per heavy atom. The first-order valence-electron chi connectivity index (χ1n) is 8.15. The molecule has 2 aromatic rings. The van der Waals surface area contributed by atoms with Crippen LogP contribution < -0.4 is 5.32 Å². The number of hydrogen-bond donors (Lipinski definition) is 1. The van der Waals surface area contributed by atoms with Crippen LogP contribution in [0.4, 0.5) is 5.69 Å². The fraction of sp³-hybridized carbons (Fsp3) is 0.278. The number of nitrogens with one attached hydrogen (secondary N) is 1. The second-order valence-corrected chi connectivity index (χ2v) is 6.93. The van der Waals surface area contributed by atoms with Gasteiger partial charge in [-0.1, -0.05) is 29.3 Å². The minimum Gasteiger partial charge on any atom is -0.335 e. The molecule has 1 aromatic heterocycles. The number of hydrogen-bond acceptors (Lipinski definition) is 4. The maximum Gasteiger partial charge on any atom is 0.274 e. The molecule has 136 valence electrons. The molecule has 0 bridgehead atoms. The van der Waals surface area contributed by atoms with E-state index in [2.05, 4.69) is 15.2 Å². The van der Waals surface area contributed by atoms with Crippen molar-refractivity contribution in [2.24, 2.45) is 0 Å². The molecule has 0 saturated carbocycles. The fourth-order valence-corrected chi connectivity index (χ4v) is 2.97. The smallest absolute Gasteiger partial charge is 0.274 e. The van der Waals surface area contributed by atoms with Crippen molar-refractivity contribution >= 4 is 40.7 Å². The van der Waals surface area contributed by atoms with E-state index >= 15 is 0 Å². The number of aromatic nitrogens is 1. The van der Waals surface area contributed by atoms with E-state index in [1.165, 1.54) is 0 Å². The fourth-order valence-electron chi connectivity index (χ4n) is 2.63. The minimum absolute atomic E-state index is 0.140.